The number of aliphatic hydroxyl groups excluding tert-OH is 1. The minimum absolute atomic E-state index is 0.473. The lowest BCUT2D eigenvalue weighted by molar-refractivity contribution is -0.254. The zero-order valence-corrected chi connectivity index (χ0v) is 11.9. The molecule has 0 amide bonds. The van der Waals surface area contributed by atoms with Crippen molar-refractivity contribution in [2.45, 2.75) is 6.23 Å². The molecule has 5 nitrogen and oxygen atoms in total. The van der Waals surface area contributed by atoms with Gasteiger partial charge in [0.25, 0.3) is 0 Å². The van der Waals surface area contributed by atoms with Gasteiger partial charge in [0, 0.05) is 57.6 Å². The van der Waals surface area contributed by atoms with Gasteiger partial charge in [-0.2, -0.15) is 0 Å². The van der Waals surface area contributed by atoms with E-state index in [9.17, 15) is 5.11 Å². The van der Waals surface area contributed by atoms with Gasteiger partial charge in [0.15, 0.2) is 0 Å². The van der Waals surface area contributed by atoms with Gasteiger partial charge in [-0.15, -0.1) is 0 Å². The lowest BCUT2D eigenvalue weighted by Crippen LogP contribution is -2.50. The summed E-state index contributed by atoms with van der Waals surface area (Å²) in [6.45, 7) is 4.90. The molecule has 1 unspecified atom stereocenters. The smallest absolute Gasteiger partial charge is 0.139 e. The van der Waals surface area contributed by atoms with Gasteiger partial charge < -0.3 is 20.6 Å². The lowest BCUT2D eigenvalue weighted by Gasteiger charge is -2.36. The first-order chi connectivity index (χ1) is 9.06. The average Bonchev–Trinajstić information content (AvgIpc) is 2.41. The second-order valence-corrected chi connectivity index (χ2v) is 5.36. The minimum atomic E-state index is -0.473. The van der Waals surface area contributed by atoms with Crippen molar-refractivity contribution in [3.8, 4) is 0 Å². The molecule has 1 aliphatic rings. The van der Waals surface area contributed by atoms with Crippen molar-refractivity contribution in [1.29, 1.82) is 0 Å². The highest BCUT2D eigenvalue weighted by Gasteiger charge is 2.19. The zero-order chi connectivity index (χ0) is 13.8. The van der Waals surface area contributed by atoms with Gasteiger partial charge in [-0.1, -0.05) is 0 Å². The predicted molar refractivity (Wildman–Crippen MR) is 77.3 cm³/mol. The van der Waals surface area contributed by atoms with Gasteiger partial charge in [-0.3, -0.25) is 4.90 Å². The number of likely N-dealkylation sites (N-methyl/N-ethyl adjacent to an activating group) is 2. The fourth-order valence-electron chi connectivity index (χ4n) is 2.29. The minimum Gasteiger partial charge on any atom is -0.372 e. The SMILES string of the molecule is CN1CCN(CC(O)N(C)c2ccc([NH3+])cc2)CC1. The van der Waals surface area contributed by atoms with Crippen molar-refractivity contribution < 1.29 is 10.8 Å². The Hall–Kier alpha value is -1.14. The molecule has 0 aromatic heterocycles. The first kappa shape index (κ1) is 14.3. The van der Waals surface area contributed by atoms with E-state index in [-0.39, 0.29) is 0 Å². The Balaban J connectivity index is 1.88. The Bertz CT molecular complexity index is 387. The van der Waals surface area contributed by atoms with Gasteiger partial charge in [0.05, 0.1) is 0 Å². The van der Waals surface area contributed by atoms with Gasteiger partial charge in [0.1, 0.15) is 11.9 Å². The summed E-state index contributed by atoms with van der Waals surface area (Å²) in [6, 6.07) is 7.92. The maximum absolute atomic E-state index is 10.3. The predicted octanol–water partition coefficient (Wildman–Crippen LogP) is -0.438. The molecule has 0 bridgehead atoms. The average molecular weight is 265 g/mol. The van der Waals surface area contributed by atoms with E-state index in [4.69, 9.17) is 0 Å². The zero-order valence-electron chi connectivity index (χ0n) is 11.9. The van der Waals surface area contributed by atoms with Crippen LogP contribution in [0.3, 0.4) is 0 Å². The van der Waals surface area contributed by atoms with Crippen molar-refractivity contribution >= 4 is 11.4 Å². The number of rotatable bonds is 4. The molecular formula is C14H25N4O+. The third kappa shape index (κ3) is 3.91. The van der Waals surface area contributed by atoms with Gasteiger partial charge in [0.2, 0.25) is 0 Å². The molecule has 1 atom stereocenters. The topological polar surface area (TPSA) is 57.6 Å². The summed E-state index contributed by atoms with van der Waals surface area (Å²) in [6.07, 6.45) is -0.473. The van der Waals surface area contributed by atoms with Gasteiger partial charge in [-0.25, -0.2) is 0 Å². The molecule has 0 radical (unpaired) electrons. The highest BCUT2D eigenvalue weighted by atomic mass is 16.3. The van der Waals surface area contributed by atoms with E-state index < -0.39 is 6.23 Å². The molecule has 1 heterocycles. The molecule has 1 saturated heterocycles. The monoisotopic (exact) mass is 265 g/mol. The van der Waals surface area contributed by atoms with Crippen LogP contribution >= 0.6 is 0 Å². The van der Waals surface area contributed by atoms with Crippen LogP contribution in [0.4, 0.5) is 11.4 Å². The Morgan fingerprint density at radius 2 is 1.79 bits per heavy atom. The summed E-state index contributed by atoms with van der Waals surface area (Å²) in [5.41, 5.74) is 5.89. The third-order valence-corrected chi connectivity index (χ3v) is 3.81. The fourth-order valence-corrected chi connectivity index (χ4v) is 2.29. The summed E-state index contributed by atoms with van der Waals surface area (Å²) in [5.74, 6) is 0. The molecule has 1 aliphatic heterocycles. The third-order valence-electron chi connectivity index (χ3n) is 3.81. The lowest BCUT2D eigenvalue weighted by atomic mass is 10.2. The second kappa shape index (κ2) is 6.34. The maximum Gasteiger partial charge on any atom is 0.139 e. The Labute approximate surface area is 115 Å². The van der Waals surface area contributed by atoms with Crippen LogP contribution in [-0.2, 0) is 0 Å². The van der Waals surface area contributed by atoms with Crippen molar-refractivity contribution in [2.75, 3.05) is 51.7 Å². The molecule has 2 rings (SSSR count). The second-order valence-electron chi connectivity index (χ2n) is 5.36. The number of nitrogens with zero attached hydrogens (tertiary/aromatic N) is 3. The van der Waals surface area contributed by atoms with E-state index in [1.54, 1.807) is 0 Å². The van der Waals surface area contributed by atoms with Crippen molar-refractivity contribution in [1.82, 2.24) is 9.80 Å². The molecule has 5 heteroatoms. The number of quaternary nitrogens is 1. The molecule has 106 valence electrons. The molecule has 0 aliphatic carbocycles. The van der Waals surface area contributed by atoms with Crippen LogP contribution in [0.5, 0.6) is 0 Å². The van der Waals surface area contributed by atoms with Crippen molar-refractivity contribution in [2.24, 2.45) is 0 Å². The molecular weight excluding hydrogens is 240 g/mol. The number of anilines is 1. The van der Waals surface area contributed by atoms with Crippen LogP contribution in [0.1, 0.15) is 0 Å². The number of hydrogen-bond donors (Lipinski definition) is 2. The molecule has 4 N–H and O–H groups in total. The van der Waals surface area contributed by atoms with Crippen LogP contribution in [0.2, 0.25) is 0 Å². The molecule has 0 spiro atoms. The van der Waals surface area contributed by atoms with Crippen LogP contribution in [0.25, 0.3) is 0 Å². The standard InChI is InChI=1S/C14H24N4O/c1-16-7-9-18(10-8-16)11-14(19)17(2)13-5-3-12(15)4-6-13/h3-6,14,19H,7-11,15H2,1-2H3/p+1. The number of aliphatic hydroxyl groups is 1. The Kier molecular flexibility index (Phi) is 4.76. The number of β-amino-alcohol motifs (C(OH)–C–C–N with tert-alkyl or cyclic N) is 1. The normalized spacial score (nSPS) is 19.4. The van der Waals surface area contributed by atoms with Crippen LogP contribution in [0.15, 0.2) is 24.3 Å². The van der Waals surface area contributed by atoms with Gasteiger partial charge >= 0.3 is 0 Å². The highest BCUT2D eigenvalue weighted by Crippen LogP contribution is 2.16. The summed E-state index contributed by atoms with van der Waals surface area (Å²) in [4.78, 5) is 6.55. The maximum atomic E-state index is 10.3. The van der Waals surface area contributed by atoms with E-state index >= 15 is 0 Å². The summed E-state index contributed by atoms with van der Waals surface area (Å²) in [7, 11) is 4.07. The van der Waals surface area contributed by atoms with Crippen molar-refractivity contribution in [3.63, 3.8) is 0 Å². The first-order valence-corrected chi connectivity index (χ1v) is 6.80. The van der Waals surface area contributed by atoms with E-state index in [0.29, 0.717) is 6.54 Å². The molecule has 0 saturated carbocycles. The highest BCUT2D eigenvalue weighted by molar-refractivity contribution is 5.50. The van der Waals surface area contributed by atoms with Crippen LogP contribution < -0.4 is 10.6 Å². The number of hydrogen-bond acceptors (Lipinski definition) is 4. The van der Waals surface area contributed by atoms with Crippen molar-refractivity contribution in [3.05, 3.63) is 24.3 Å². The number of benzene rings is 1. The Morgan fingerprint density at radius 1 is 1.21 bits per heavy atom. The Morgan fingerprint density at radius 3 is 2.37 bits per heavy atom. The van der Waals surface area contributed by atoms with E-state index in [1.165, 1.54) is 0 Å². The van der Waals surface area contributed by atoms with Crippen LogP contribution in [-0.4, -0.2) is 68.0 Å². The summed E-state index contributed by atoms with van der Waals surface area (Å²) >= 11 is 0. The molecule has 19 heavy (non-hydrogen) atoms. The van der Waals surface area contributed by atoms with E-state index in [1.807, 2.05) is 36.2 Å². The van der Waals surface area contributed by atoms with E-state index in [0.717, 1.165) is 37.6 Å². The quantitative estimate of drug-likeness (QED) is 0.725. The molecule has 1 aromatic rings. The molecule has 1 fully saturated rings. The summed E-state index contributed by atoms with van der Waals surface area (Å²) in [5, 5.41) is 10.3. The number of piperazine rings is 1. The fraction of sp³-hybridized carbons (Fsp3) is 0.571. The van der Waals surface area contributed by atoms with Gasteiger partial charge in [-0.05, 0) is 19.2 Å². The summed E-state index contributed by atoms with van der Waals surface area (Å²) < 4.78 is 0. The largest absolute Gasteiger partial charge is 0.372 e. The van der Waals surface area contributed by atoms with Crippen LogP contribution in [0, 0.1) is 0 Å². The molecule has 1 aromatic carbocycles. The first-order valence-electron chi connectivity index (χ1n) is 6.80. The van der Waals surface area contributed by atoms with E-state index in [2.05, 4.69) is 22.6 Å².